The number of carbonyl (C=O) groups is 2. The van der Waals surface area contributed by atoms with Gasteiger partial charge in [0.05, 0.1) is 5.69 Å². The summed E-state index contributed by atoms with van der Waals surface area (Å²) < 4.78 is 18.5. The number of aromatic nitrogens is 1. The lowest BCUT2D eigenvalue weighted by molar-refractivity contribution is -0.114. The van der Waals surface area contributed by atoms with Crippen LogP contribution < -0.4 is 15.4 Å². The molecule has 3 rings (SSSR count). The monoisotopic (exact) mass is 399 g/mol. The fraction of sp³-hybridized carbons (Fsp3) is 0.150. The van der Waals surface area contributed by atoms with Gasteiger partial charge in [-0.05, 0) is 49.4 Å². The SMILES string of the molecule is CC(=O)Nc1cccc(NC(=O)c2sc(COc3ccc(F)cc3)nc2C)c1. The van der Waals surface area contributed by atoms with Crippen LogP contribution in [0, 0.1) is 12.7 Å². The molecule has 1 heterocycles. The first-order valence-corrected chi connectivity index (χ1v) is 9.26. The van der Waals surface area contributed by atoms with Crippen molar-refractivity contribution in [1.29, 1.82) is 0 Å². The Balaban J connectivity index is 1.66. The number of hydrogen-bond donors (Lipinski definition) is 2. The fourth-order valence-electron chi connectivity index (χ4n) is 2.47. The maximum atomic E-state index is 12.9. The molecule has 0 saturated carbocycles. The molecule has 0 aliphatic rings. The van der Waals surface area contributed by atoms with E-state index in [1.807, 2.05) is 0 Å². The van der Waals surface area contributed by atoms with Crippen LogP contribution in [0.1, 0.15) is 27.3 Å². The van der Waals surface area contributed by atoms with E-state index in [2.05, 4.69) is 15.6 Å². The topological polar surface area (TPSA) is 80.3 Å². The Labute approximate surface area is 165 Å². The third-order valence-electron chi connectivity index (χ3n) is 3.66. The first-order valence-electron chi connectivity index (χ1n) is 8.44. The number of amides is 2. The third kappa shape index (κ3) is 5.14. The molecule has 28 heavy (non-hydrogen) atoms. The zero-order valence-electron chi connectivity index (χ0n) is 15.3. The molecule has 1 aromatic heterocycles. The van der Waals surface area contributed by atoms with Gasteiger partial charge in [0.1, 0.15) is 28.1 Å². The van der Waals surface area contributed by atoms with Gasteiger partial charge in [-0.2, -0.15) is 0 Å². The van der Waals surface area contributed by atoms with Gasteiger partial charge in [0.15, 0.2) is 0 Å². The van der Waals surface area contributed by atoms with Crippen molar-refractivity contribution >= 4 is 34.5 Å². The van der Waals surface area contributed by atoms with Crippen LogP contribution in [0.25, 0.3) is 0 Å². The van der Waals surface area contributed by atoms with E-state index in [9.17, 15) is 14.0 Å². The summed E-state index contributed by atoms with van der Waals surface area (Å²) in [4.78, 5) is 28.6. The van der Waals surface area contributed by atoms with Crippen molar-refractivity contribution in [2.75, 3.05) is 10.6 Å². The molecule has 0 spiro atoms. The van der Waals surface area contributed by atoms with E-state index < -0.39 is 0 Å². The van der Waals surface area contributed by atoms with Crippen molar-refractivity contribution in [3.8, 4) is 5.75 Å². The fourth-order valence-corrected chi connectivity index (χ4v) is 3.34. The number of rotatable bonds is 6. The first-order chi connectivity index (χ1) is 13.4. The van der Waals surface area contributed by atoms with E-state index in [0.717, 1.165) is 0 Å². The smallest absolute Gasteiger partial charge is 0.267 e. The standard InChI is InChI=1S/C20H18FN3O3S/c1-12-19(20(26)24-16-5-3-4-15(10-16)23-13(2)25)28-18(22-12)11-27-17-8-6-14(21)7-9-17/h3-10H,11H2,1-2H3,(H,23,25)(H,24,26). The van der Waals surface area contributed by atoms with Crippen LogP contribution in [0.5, 0.6) is 5.75 Å². The molecule has 0 fully saturated rings. The Kier molecular flexibility index (Phi) is 6.00. The maximum absolute atomic E-state index is 12.9. The molecule has 0 aliphatic heterocycles. The molecule has 3 aromatic rings. The van der Waals surface area contributed by atoms with E-state index in [1.54, 1.807) is 31.2 Å². The Morgan fingerprint density at radius 3 is 2.46 bits per heavy atom. The Bertz CT molecular complexity index is 1000. The summed E-state index contributed by atoms with van der Waals surface area (Å²) in [5.41, 5.74) is 1.76. The largest absolute Gasteiger partial charge is 0.486 e. The lowest BCUT2D eigenvalue weighted by atomic mass is 10.2. The second kappa shape index (κ2) is 8.62. The van der Waals surface area contributed by atoms with Crippen LogP contribution in [0.2, 0.25) is 0 Å². The quantitative estimate of drug-likeness (QED) is 0.645. The van der Waals surface area contributed by atoms with Gasteiger partial charge in [-0.25, -0.2) is 9.37 Å². The van der Waals surface area contributed by atoms with Gasteiger partial charge in [-0.1, -0.05) is 6.07 Å². The number of ether oxygens (including phenoxy) is 1. The van der Waals surface area contributed by atoms with Crippen LogP contribution >= 0.6 is 11.3 Å². The van der Waals surface area contributed by atoms with Crippen molar-refractivity contribution in [3.05, 3.63) is 69.9 Å². The average molecular weight is 399 g/mol. The Hall–Kier alpha value is -3.26. The molecule has 8 heteroatoms. The lowest BCUT2D eigenvalue weighted by Gasteiger charge is -2.07. The molecule has 6 nitrogen and oxygen atoms in total. The summed E-state index contributed by atoms with van der Waals surface area (Å²) in [6, 6.07) is 12.6. The van der Waals surface area contributed by atoms with Gasteiger partial charge in [-0.3, -0.25) is 9.59 Å². The molecule has 0 atom stereocenters. The summed E-state index contributed by atoms with van der Waals surface area (Å²) in [6.45, 7) is 3.35. The predicted octanol–water partition coefficient (Wildman–Crippen LogP) is 4.38. The highest BCUT2D eigenvalue weighted by Gasteiger charge is 2.16. The zero-order valence-corrected chi connectivity index (χ0v) is 16.1. The maximum Gasteiger partial charge on any atom is 0.267 e. The molecule has 144 valence electrons. The van der Waals surface area contributed by atoms with Gasteiger partial charge in [0, 0.05) is 18.3 Å². The predicted molar refractivity (Wildman–Crippen MR) is 106 cm³/mol. The number of benzene rings is 2. The number of nitrogens with one attached hydrogen (secondary N) is 2. The minimum absolute atomic E-state index is 0.183. The number of halogens is 1. The summed E-state index contributed by atoms with van der Waals surface area (Å²) in [5.74, 6) is -0.287. The van der Waals surface area contributed by atoms with Crippen molar-refractivity contribution < 1.29 is 18.7 Å². The van der Waals surface area contributed by atoms with Gasteiger partial charge in [0.2, 0.25) is 5.91 Å². The molecule has 0 unspecified atom stereocenters. The van der Waals surface area contributed by atoms with E-state index in [4.69, 9.17) is 4.74 Å². The highest BCUT2D eigenvalue weighted by Crippen LogP contribution is 2.23. The number of anilines is 2. The lowest BCUT2D eigenvalue weighted by Crippen LogP contribution is -2.12. The van der Waals surface area contributed by atoms with E-state index in [0.29, 0.717) is 32.7 Å². The second-order valence-corrected chi connectivity index (χ2v) is 7.06. The van der Waals surface area contributed by atoms with E-state index in [-0.39, 0.29) is 24.2 Å². The number of nitrogens with zero attached hydrogens (tertiary/aromatic N) is 1. The molecule has 0 radical (unpaired) electrons. The Morgan fingerprint density at radius 2 is 1.79 bits per heavy atom. The normalized spacial score (nSPS) is 10.4. The van der Waals surface area contributed by atoms with Crippen molar-refractivity contribution in [1.82, 2.24) is 4.98 Å². The van der Waals surface area contributed by atoms with E-state index in [1.165, 1.54) is 42.5 Å². The van der Waals surface area contributed by atoms with Crippen LogP contribution in [0.4, 0.5) is 15.8 Å². The third-order valence-corrected chi connectivity index (χ3v) is 4.79. The minimum atomic E-state index is -0.334. The summed E-state index contributed by atoms with van der Waals surface area (Å²) in [6.07, 6.45) is 0. The number of aryl methyl sites for hydroxylation is 1. The minimum Gasteiger partial charge on any atom is -0.486 e. The summed E-state index contributed by atoms with van der Waals surface area (Å²) in [7, 11) is 0. The van der Waals surface area contributed by atoms with Crippen molar-refractivity contribution in [2.24, 2.45) is 0 Å². The summed E-state index contributed by atoms with van der Waals surface area (Å²) >= 11 is 1.23. The van der Waals surface area contributed by atoms with Crippen LogP contribution in [-0.4, -0.2) is 16.8 Å². The molecule has 0 aliphatic carbocycles. The molecule has 2 aromatic carbocycles. The highest BCUT2D eigenvalue weighted by atomic mass is 32.1. The summed E-state index contributed by atoms with van der Waals surface area (Å²) in [5, 5.41) is 6.11. The molecule has 2 amide bonds. The first kappa shape index (κ1) is 19.5. The highest BCUT2D eigenvalue weighted by molar-refractivity contribution is 7.13. The molecule has 0 bridgehead atoms. The van der Waals surface area contributed by atoms with Gasteiger partial charge in [-0.15, -0.1) is 11.3 Å². The van der Waals surface area contributed by atoms with Crippen LogP contribution in [0.15, 0.2) is 48.5 Å². The molecular weight excluding hydrogens is 381 g/mol. The zero-order chi connectivity index (χ0) is 20.1. The van der Waals surface area contributed by atoms with Gasteiger partial charge in [0.25, 0.3) is 5.91 Å². The van der Waals surface area contributed by atoms with Crippen molar-refractivity contribution in [2.45, 2.75) is 20.5 Å². The number of hydrogen-bond acceptors (Lipinski definition) is 5. The average Bonchev–Trinajstić information content (AvgIpc) is 3.02. The molecule has 0 saturated heterocycles. The number of thiazole rings is 1. The second-order valence-electron chi connectivity index (χ2n) is 5.98. The van der Waals surface area contributed by atoms with Crippen molar-refractivity contribution in [3.63, 3.8) is 0 Å². The van der Waals surface area contributed by atoms with Gasteiger partial charge < -0.3 is 15.4 Å². The molecular formula is C20H18FN3O3S. The number of carbonyl (C=O) groups excluding carboxylic acids is 2. The van der Waals surface area contributed by atoms with Crippen LogP contribution in [0.3, 0.4) is 0 Å². The van der Waals surface area contributed by atoms with E-state index >= 15 is 0 Å². The van der Waals surface area contributed by atoms with Gasteiger partial charge >= 0.3 is 0 Å². The molecule has 2 N–H and O–H groups in total. The van der Waals surface area contributed by atoms with Crippen LogP contribution in [-0.2, 0) is 11.4 Å². The Morgan fingerprint density at radius 1 is 1.11 bits per heavy atom.